The number of unbranched alkanes of at least 4 members (excludes halogenated alkanes) is 6. The van der Waals surface area contributed by atoms with Crippen LogP contribution in [0.25, 0.3) is 0 Å². The van der Waals surface area contributed by atoms with Crippen molar-refractivity contribution in [2.45, 2.75) is 174 Å². The smallest absolute Gasteiger partial charge is 0.240 e. The number of aryl methyl sites for hydroxylation is 1. The first kappa shape index (κ1) is 57.7. The van der Waals surface area contributed by atoms with Crippen molar-refractivity contribution in [1.82, 2.24) is 41.1 Å². The summed E-state index contributed by atoms with van der Waals surface area (Å²) in [6.45, 7) is 22.1. The van der Waals surface area contributed by atoms with Gasteiger partial charge in [0.05, 0.1) is 58.2 Å². The van der Waals surface area contributed by atoms with E-state index in [1.807, 2.05) is 25.4 Å². The molecule has 1 saturated carbocycles. The van der Waals surface area contributed by atoms with Gasteiger partial charge in [-0.3, -0.25) is 19.3 Å². The molecule has 77 heavy (non-hydrogen) atoms. The number of nitrogens with zero attached hydrogens (tertiary/aromatic N) is 6. The Kier molecular flexibility index (Phi) is 19.5. The van der Waals surface area contributed by atoms with Crippen molar-refractivity contribution in [1.29, 1.82) is 0 Å². The maximum Gasteiger partial charge on any atom is 0.240 e. The zero-order chi connectivity index (χ0) is 54.7. The van der Waals surface area contributed by atoms with Gasteiger partial charge in [0.2, 0.25) is 11.8 Å². The third-order valence-corrected chi connectivity index (χ3v) is 18.0. The lowest BCUT2D eigenvalue weighted by molar-refractivity contribution is -0.124. The number of amides is 2. The second-order valence-corrected chi connectivity index (χ2v) is 24.7. The molecule has 418 valence electrons. The first-order valence-corrected chi connectivity index (χ1v) is 29.4. The third-order valence-electron chi connectivity index (χ3n) is 17.0. The average Bonchev–Trinajstić information content (AvgIpc) is 3.93. The minimum absolute atomic E-state index is 0.000105. The lowest BCUT2D eigenvalue weighted by Gasteiger charge is -2.48. The van der Waals surface area contributed by atoms with E-state index >= 15 is 8.78 Å². The predicted molar refractivity (Wildman–Crippen MR) is 305 cm³/mol. The molecule has 1 aromatic carbocycles. The number of hydrogen-bond donors (Lipinski definition) is 5. The van der Waals surface area contributed by atoms with Gasteiger partial charge in [-0.1, -0.05) is 84.6 Å². The highest BCUT2D eigenvalue weighted by Gasteiger charge is 2.57. The van der Waals surface area contributed by atoms with E-state index in [2.05, 4.69) is 110 Å². The van der Waals surface area contributed by atoms with Crippen molar-refractivity contribution >= 4 is 46.3 Å². The van der Waals surface area contributed by atoms with Crippen LogP contribution in [0.5, 0.6) is 0 Å². The lowest BCUT2D eigenvalue weighted by Crippen LogP contribution is -2.66. The van der Waals surface area contributed by atoms with Crippen molar-refractivity contribution < 1.29 is 23.2 Å². The predicted octanol–water partition coefficient (Wildman–Crippen LogP) is 9.80. The molecule has 4 atom stereocenters. The molecule has 3 aromatic rings. The van der Waals surface area contributed by atoms with E-state index in [9.17, 15) is 14.4 Å². The number of anilines is 3. The van der Waals surface area contributed by atoms with Crippen LogP contribution in [0.1, 0.15) is 153 Å². The molecule has 2 aromatic heterocycles. The minimum atomic E-state index is -0.528. The Morgan fingerprint density at radius 3 is 2.31 bits per heavy atom. The number of rotatable bonds is 21. The molecule has 4 saturated heterocycles. The van der Waals surface area contributed by atoms with Gasteiger partial charge in [-0.05, 0) is 115 Å². The van der Waals surface area contributed by atoms with Crippen LogP contribution in [0, 0.1) is 29.4 Å². The molecule has 0 radical (unpaired) electrons. The number of piperidine rings is 2. The molecule has 5 N–H and O–H groups in total. The van der Waals surface area contributed by atoms with Crippen molar-refractivity contribution in [3.05, 3.63) is 99.6 Å². The molecule has 5 fully saturated rings. The fraction of sp³-hybridized carbons (Fsp3) is 0.617. The van der Waals surface area contributed by atoms with Crippen LogP contribution >= 0.6 is 11.3 Å². The molecule has 1 spiro atoms. The van der Waals surface area contributed by atoms with Gasteiger partial charge in [0.15, 0.2) is 5.78 Å². The monoisotopic (exact) mass is 1080 g/mol. The number of thiazole rings is 1. The number of aromatic nitrogens is 3. The van der Waals surface area contributed by atoms with Crippen LogP contribution in [0.2, 0.25) is 0 Å². The van der Waals surface area contributed by atoms with E-state index in [-0.39, 0.29) is 58.8 Å². The maximum atomic E-state index is 15.6. The number of piperazine rings is 1. The lowest BCUT2D eigenvalue weighted by atomic mass is 9.82. The zero-order valence-corrected chi connectivity index (χ0v) is 47.5. The second kappa shape index (κ2) is 26.0. The maximum absolute atomic E-state index is 15.6. The first-order chi connectivity index (χ1) is 36.9. The number of halogens is 2. The van der Waals surface area contributed by atoms with Crippen LogP contribution in [0.4, 0.5) is 26.1 Å². The van der Waals surface area contributed by atoms with Crippen LogP contribution in [-0.4, -0.2) is 113 Å². The number of carbonyl (C=O) groups excluding carboxylic acids is 3. The van der Waals surface area contributed by atoms with Crippen LogP contribution in [-0.2, 0) is 20.9 Å². The number of nitrogens with one attached hydrogen (secondary N) is 5. The summed E-state index contributed by atoms with van der Waals surface area (Å²) in [4.78, 5) is 57.8. The fourth-order valence-electron chi connectivity index (χ4n) is 11.5. The van der Waals surface area contributed by atoms with Crippen LogP contribution in [0.3, 0.4) is 0 Å². The fourth-order valence-corrected chi connectivity index (χ4v) is 12.4. The van der Waals surface area contributed by atoms with E-state index in [0.717, 1.165) is 113 Å². The van der Waals surface area contributed by atoms with Gasteiger partial charge in [0, 0.05) is 61.2 Å². The molecule has 6 heterocycles. The first-order valence-electron chi connectivity index (χ1n) is 28.5. The molecule has 2 amide bonds. The van der Waals surface area contributed by atoms with Crippen molar-refractivity contribution in [3.8, 4) is 0 Å². The standard InChI is InChI=1S/C43H62F2N8O2.C17H23N3OS/c1-6-32(49-39-40(55)42(39,4)5)14-12-10-8-7-9-11-13-19-46-36-26-37(48-30-47-36)52-22-17-43(18-23-52)29-53(28-38(54)50-43)35-25-33(44)31(24-34(35)45)27-51-20-15-41(2,3)16-21-51;1-11(20-17(21)15-4-3-9-18-15)13-5-7-14(8-6-13)16-12(2)19-10-22-16/h24-26,30,39,49H,1,7-23,27-29H2,2-5H3,(H,50,54)(H,46,47,48);5-7,10-11,14-15,18H,3-4,8-9H2,1-2H3,(H,20,21). The summed E-state index contributed by atoms with van der Waals surface area (Å²) < 4.78 is 31.0. The van der Waals surface area contributed by atoms with Gasteiger partial charge in [-0.25, -0.2) is 23.7 Å². The highest BCUT2D eigenvalue weighted by molar-refractivity contribution is 7.09. The number of hydrogen-bond acceptors (Lipinski definition) is 13. The summed E-state index contributed by atoms with van der Waals surface area (Å²) in [5, 5.41) is 16.3. The van der Waals surface area contributed by atoms with Crippen molar-refractivity contribution in [3.63, 3.8) is 0 Å². The highest BCUT2D eigenvalue weighted by atomic mass is 32.1. The van der Waals surface area contributed by atoms with Crippen molar-refractivity contribution in [2.24, 2.45) is 10.8 Å². The number of allylic oxidation sites excluding steroid dienone is 3. The Morgan fingerprint density at radius 2 is 1.66 bits per heavy atom. The van der Waals surface area contributed by atoms with Gasteiger partial charge in [-0.2, -0.15) is 0 Å². The Morgan fingerprint density at radius 1 is 0.935 bits per heavy atom. The van der Waals surface area contributed by atoms with E-state index in [4.69, 9.17) is 0 Å². The summed E-state index contributed by atoms with van der Waals surface area (Å²) in [6.07, 6.45) is 23.6. The SMILES string of the molecule is C=C=C(CCCCCCCCCNc1cc(N2CCC3(CC2)CN(c2cc(F)c(CN4CCC(C)(C)CC4)cc2F)CC(=O)N3)ncn1)NC1C(=O)C1(C)C.Cc1ncsc1C1C=CC(C(C)NC(=O)C2CCCN2)=CC1. The van der Waals surface area contributed by atoms with Gasteiger partial charge in [0.25, 0.3) is 0 Å². The van der Waals surface area contributed by atoms with Gasteiger partial charge in [0.1, 0.15) is 29.6 Å². The van der Waals surface area contributed by atoms with E-state index in [1.165, 1.54) is 41.8 Å². The molecule has 2 aliphatic carbocycles. The van der Waals surface area contributed by atoms with Crippen LogP contribution < -0.4 is 36.4 Å². The highest BCUT2D eigenvalue weighted by Crippen LogP contribution is 2.41. The minimum Gasteiger partial charge on any atom is -0.371 e. The number of carbonyl (C=O) groups is 3. The molecule has 9 rings (SSSR count). The van der Waals surface area contributed by atoms with Crippen molar-refractivity contribution in [2.75, 3.05) is 67.5 Å². The van der Waals surface area contributed by atoms with E-state index in [0.29, 0.717) is 50.5 Å². The molecule has 14 nitrogen and oxygen atoms in total. The zero-order valence-electron chi connectivity index (χ0n) is 46.7. The molecular formula is C60H85F2N11O3S. The molecule has 4 unspecified atom stereocenters. The molecule has 4 aliphatic heterocycles. The largest absolute Gasteiger partial charge is 0.371 e. The topological polar surface area (TPSA) is 160 Å². The molecule has 6 aliphatic rings. The van der Waals surface area contributed by atoms with Gasteiger partial charge >= 0.3 is 0 Å². The quantitative estimate of drug-likeness (QED) is 0.0509. The second-order valence-electron chi connectivity index (χ2n) is 23.8. The Hall–Kier alpha value is -5.48. The molecule has 0 bridgehead atoms. The average molecular weight is 1080 g/mol. The van der Waals surface area contributed by atoms with Gasteiger partial charge in [-0.15, -0.1) is 17.1 Å². The molecular weight excluding hydrogens is 993 g/mol. The normalized spacial score (nSPS) is 22.8. The Labute approximate surface area is 460 Å². The third kappa shape index (κ3) is 15.4. The summed E-state index contributed by atoms with van der Waals surface area (Å²) in [5.74, 6) is 1.37. The van der Waals surface area contributed by atoms with Crippen LogP contribution in [0.15, 0.2) is 71.8 Å². The van der Waals surface area contributed by atoms with E-state index < -0.39 is 17.2 Å². The summed E-state index contributed by atoms with van der Waals surface area (Å²) in [7, 11) is 0. The van der Waals surface area contributed by atoms with E-state index in [1.54, 1.807) is 22.6 Å². The Bertz CT molecular complexity index is 2640. The summed E-state index contributed by atoms with van der Waals surface area (Å²) in [6, 6.07) is 4.56. The number of likely N-dealkylation sites (tertiary alicyclic amines) is 1. The Balaban J connectivity index is 0.000000295. The number of Topliss-reactive ketones (excluding diaryl/α,β-unsaturated/α-hetero) is 1. The van der Waals surface area contributed by atoms with Gasteiger partial charge < -0.3 is 36.4 Å². The number of ketones is 1. The summed E-state index contributed by atoms with van der Waals surface area (Å²) in [5.41, 5.74) is 8.19. The molecule has 17 heteroatoms. The number of benzene rings is 1. The summed E-state index contributed by atoms with van der Waals surface area (Å²) >= 11 is 1.72.